The zero-order chi connectivity index (χ0) is 13.0. The number of hydrogen-bond donors (Lipinski definition) is 2. The zero-order valence-electron chi connectivity index (χ0n) is 10.4. The first-order chi connectivity index (χ1) is 8.70. The first kappa shape index (κ1) is 12.9. The molecule has 0 spiro atoms. The van der Waals surface area contributed by atoms with Gasteiger partial charge in [-0.3, -0.25) is 0 Å². The maximum atomic E-state index is 11.2. The monoisotopic (exact) mass is 249 g/mol. The molecule has 1 aliphatic rings. The Hall–Kier alpha value is -1.55. The Balaban J connectivity index is 2.08. The summed E-state index contributed by atoms with van der Waals surface area (Å²) in [7, 11) is 0. The highest BCUT2D eigenvalue weighted by atomic mass is 16.4. The van der Waals surface area contributed by atoms with Crippen molar-refractivity contribution >= 4 is 6.09 Å². The average Bonchev–Trinajstić information content (AvgIpc) is 2.39. The molecule has 1 atom stereocenters. The van der Waals surface area contributed by atoms with Gasteiger partial charge in [-0.15, -0.1) is 0 Å². The number of carboxylic acid groups (broad SMARTS) is 1. The molecule has 0 aromatic heterocycles. The molecule has 2 rings (SSSR count). The fourth-order valence-corrected chi connectivity index (χ4v) is 2.59. The molecule has 1 saturated heterocycles. The third kappa shape index (κ3) is 3.01. The molecular formula is C14H19NO3. The van der Waals surface area contributed by atoms with Crippen molar-refractivity contribution in [2.75, 3.05) is 6.54 Å². The molecule has 0 saturated carbocycles. The molecule has 1 aromatic rings. The molecule has 1 heterocycles. The van der Waals surface area contributed by atoms with Crippen LogP contribution in [0.2, 0.25) is 0 Å². The molecule has 1 aliphatic heterocycles. The Kier molecular flexibility index (Phi) is 4.20. The number of benzene rings is 1. The summed E-state index contributed by atoms with van der Waals surface area (Å²) in [5.41, 5.74) is 1.98. The second kappa shape index (κ2) is 5.87. The first-order valence-corrected chi connectivity index (χ1v) is 6.39. The molecule has 0 aliphatic carbocycles. The second-order valence-corrected chi connectivity index (χ2v) is 4.81. The highest BCUT2D eigenvalue weighted by Crippen LogP contribution is 2.21. The van der Waals surface area contributed by atoms with Crippen molar-refractivity contribution in [3.8, 4) is 0 Å². The minimum atomic E-state index is -0.821. The lowest BCUT2D eigenvalue weighted by atomic mass is 9.95. The van der Waals surface area contributed by atoms with Crippen molar-refractivity contribution < 1.29 is 15.0 Å². The van der Waals surface area contributed by atoms with Crippen molar-refractivity contribution in [2.45, 2.75) is 38.3 Å². The van der Waals surface area contributed by atoms with Gasteiger partial charge in [0.25, 0.3) is 0 Å². The summed E-state index contributed by atoms with van der Waals surface area (Å²) in [6.45, 7) is 0.668. The van der Waals surface area contributed by atoms with Gasteiger partial charge in [0.15, 0.2) is 0 Å². The number of carbonyl (C=O) groups is 1. The van der Waals surface area contributed by atoms with E-state index in [1.807, 2.05) is 24.3 Å². The summed E-state index contributed by atoms with van der Waals surface area (Å²) in [4.78, 5) is 12.7. The summed E-state index contributed by atoms with van der Waals surface area (Å²) >= 11 is 0. The van der Waals surface area contributed by atoms with Gasteiger partial charge in [-0.05, 0) is 36.8 Å². The van der Waals surface area contributed by atoms with E-state index in [2.05, 4.69) is 0 Å². The smallest absolute Gasteiger partial charge is 0.407 e. The Bertz CT molecular complexity index is 419. The van der Waals surface area contributed by atoms with Crippen LogP contribution in [0.5, 0.6) is 0 Å². The van der Waals surface area contributed by atoms with Gasteiger partial charge >= 0.3 is 6.09 Å². The number of rotatable bonds is 3. The van der Waals surface area contributed by atoms with E-state index < -0.39 is 6.09 Å². The summed E-state index contributed by atoms with van der Waals surface area (Å²) in [6.07, 6.45) is 2.89. The van der Waals surface area contributed by atoms with E-state index in [1.165, 1.54) is 0 Å². The summed E-state index contributed by atoms with van der Waals surface area (Å²) < 4.78 is 0. The van der Waals surface area contributed by atoms with Crippen LogP contribution >= 0.6 is 0 Å². The number of piperidine rings is 1. The molecule has 2 N–H and O–H groups in total. The molecule has 0 bridgehead atoms. The van der Waals surface area contributed by atoms with E-state index in [0.717, 1.165) is 36.8 Å². The number of likely N-dealkylation sites (tertiary alicyclic amines) is 1. The van der Waals surface area contributed by atoms with Gasteiger partial charge < -0.3 is 15.1 Å². The van der Waals surface area contributed by atoms with Gasteiger partial charge in [0, 0.05) is 12.6 Å². The SMILES string of the molecule is O=C(O)N1CCCCC1Cc1cccc(CO)c1. The van der Waals surface area contributed by atoms with Crippen molar-refractivity contribution in [1.82, 2.24) is 4.90 Å². The first-order valence-electron chi connectivity index (χ1n) is 6.39. The number of aliphatic hydroxyl groups excluding tert-OH is 1. The van der Waals surface area contributed by atoms with Crippen LogP contribution in [0.15, 0.2) is 24.3 Å². The molecule has 4 heteroatoms. The number of hydrogen-bond acceptors (Lipinski definition) is 2. The minimum absolute atomic E-state index is 0.0289. The molecule has 1 amide bonds. The van der Waals surface area contributed by atoms with E-state index in [0.29, 0.717) is 6.54 Å². The van der Waals surface area contributed by atoms with Crippen LogP contribution in [-0.2, 0) is 13.0 Å². The predicted molar refractivity (Wildman–Crippen MR) is 68.4 cm³/mol. The Morgan fingerprint density at radius 2 is 2.11 bits per heavy atom. The third-order valence-electron chi connectivity index (χ3n) is 3.52. The van der Waals surface area contributed by atoms with Gasteiger partial charge in [-0.25, -0.2) is 4.79 Å². The van der Waals surface area contributed by atoms with Crippen molar-refractivity contribution in [2.24, 2.45) is 0 Å². The lowest BCUT2D eigenvalue weighted by Gasteiger charge is -2.33. The molecule has 0 radical (unpaired) electrons. The van der Waals surface area contributed by atoms with Gasteiger partial charge in [-0.2, -0.15) is 0 Å². The second-order valence-electron chi connectivity index (χ2n) is 4.81. The quantitative estimate of drug-likeness (QED) is 0.863. The number of amides is 1. The molecular weight excluding hydrogens is 230 g/mol. The minimum Gasteiger partial charge on any atom is -0.465 e. The molecule has 98 valence electrons. The van der Waals surface area contributed by atoms with Gasteiger partial charge in [-0.1, -0.05) is 24.3 Å². The maximum Gasteiger partial charge on any atom is 0.407 e. The van der Waals surface area contributed by atoms with E-state index >= 15 is 0 Å². The number of aliphatic hydroxyl groups is 1. The van der Waals surface area contributed by atoms with Crippen LogP contribution in [0.3, 0.4) is 0 Å². The Morgan fingerprint density at radius 1 is 1.33 bits per heavy atom. The largest absolute Gasteiger partial charge is 0.465 e. The van der Waals surface area contributed by atoms with Crippen LogP contribution < -0.4 is 0 Å². The summed E-state index contributed by atoms with van der Waals surface area (Å²) in [6, 6.07) is 7.81. The van der Waals surface area contributed by atoms with Crippen LogP contribution in [0.4, 0.5) is 4.79 Å². The van der Waals surface area contributed by atoms with Gasteiger partial charge in [0.1, 0.15) is 0 Å². The lowest BCUT2D eigenvalue weighted by Crippen LogP contribution is -2.44. The van der Waals surface area contributed by atoms with Crippen LogP contribution in [-0.4, -0.2) is 33.8 Å². The van der Waals surface area contributed by atoms with Crippen LogP contribution in [0.1, 0.15) is 30.4 Å². The molecule has 1 fully saturated rings. The number of nitrogens with zero attached hydrogens (tertiary/aromatic N) is 1. The van der Waals surface area contributed by atoms with Gasteiger partial charge in [0.05, 0.1) is 6.61 Å². The van der Waals surface area contributed by atoms with Crippen molar-refractivity contribution in [1.29, 1.82) is 0 Å². The van der Waals surface area contributed by atoms with E-state index in [1.54, 1.807) is 4.90 Å². The van der Waals surface area contributed by atoms with Crippen molar-refractivity contribution in [3.05, 3.63) is 35.4 Å². The fourth-order valence-electron chi connectivity index (χ4n) is 2.59. The standard InChI is InChI=1S/C14H19NO3/c16-10-12-5-3-4-11(8-12)9-13-6-1-2-7-15(13)14(17)18/h3-5,8,13,16H,1-2,6-7,9-10H2,(H,17,18). The van der Waals surface area contributed by atoms with Crippen LogP contribution in [0.25, 0.3) is 0 Å². The molecule has 18 heavy (non-hydrogen) atoms. The predicted octanol–water partition coefficient (Wildman–Crippen LogP) is 2.25. The fraction of sp³-hybridized carbons (Fsp3) is 0.500. The normalized spacial score (nSPS) is 19.8. The lowest BCUT2D eigenvalue weighted by molar-refractivity contribution is 0.106. The van der Waals surface area contributed by atoms with Crippen LogP contribution in [0, 0.1) is 0 Å². The topological polar surface area (TPSA) is 60.8 Å². The third-order valence-corrected chi connectivity index (χ3v) is 3.52. The van der Waals surface area contributed by atoms with E-state index in [4.69, 9.17) is 5.11 Å². The van der Waals surface area contributed by atoms with E-state index in [9.17, 15) is 9.90 Å². The summed E-state index contributed by atoms with van der Waals surface area (Å²) in [5.74, 6) is 0. The molecule has 1 aromatic carbocycles. The zero-order valence-corrected chi connectivity index (χ0v) is 10.4. The maximum absolute atomic E-state index is 11.2. The molecule has 1 unspecified atom stereocenters. The Labute approximate surface area is 107 Å². The Morgan fingerprint density at radius 3 is 2.83 bits per heavy atom. The molecule has 4 nitrogen and oxygen atoms in total. The summed E-state index contributed by atoms with van der Waals surface area (Å²) in [5, 5.41) is 18.3. The highest BCUT2D eigenvalue weighted by Gasteiger charge is 2.26. The average molecular weight is 249 g/mol. The van der Waals surface area contributed by atoms with E-state index in [-0.39, 0.29) is 12.6 Å². The highest BCUT2D eigenvalue weighted by molar-refractivity contribution is 5.65. The van der Waals surface area contributed by atoms with Crippen molar-refractivity contribution in [3.63, 3.8) is 0 Å². The van der Waals surface area contributed by atoms with Gasteiger partial charge in [0.2, 0.25) is 0 Å².